The summed E-state index contributed by atoms with van der Waals surface area (Å²) >= 11 is 0. The fourth-order valence-electron chi connectivity index (χ4n) is 2.12. The van der Waals surface area contributed by atoms with Gasteiger partial charge < -0.3 is 5.32 Å². The van der Waals surface area contributed by atoms with E-state index in [0.717, 1.165) is 24.3 Å². The summed E-state index contributed by atoms with van der Waals surface area (Å²) in [6, 6.07) is 11.9. The van der Waals surface area contributed by atoms with Gasteiger partial charge in [-0.2, -0.15) is 0 Å². The number of carbonyl (C=O) groups is 1. The second kappa shape index (κ2) is 6.82. The first-order chi connectivity index (χ1) is 9.65. The molecule has 0 unspecified atom stereocenters. The maximum absolute atomic E-state index is 11.2. The lowest BCUT2D eigenvalue weighted by molar-refractivity contribution is -0.114. The van der Waals surface area contributed by atoms with E-state index in [1.54, 1.807) is 12.4 Å². The zero-order chi connectivity index (χ0) is 14.4. The van der Waals surface area contributed by atoms with Crippen LogP contribution in [0, 0.1) is 0 Å². The molecule has 0 atom stereocenters. The summed E-state index contributed by atoms with van der Waals surface area (Å²) in [7, 11) is 2.06. The van der Waals surface area contributed by atoms with Gasteiger partial charge in [-0.1, -0.05) is 18.2 Å². The van der Waals surface area contributed by atoms with Crippen LogP contribution in [0.15, 0.2) is 48.8 Å². The molecule has 0 spiro atoms. The number of amides is 1. The van der Waals surface area contributed by atoms with Gasteiger partial charge in [0.15, 0.2) is 0 Å². The Morgan fingerprint density at radius 1 is 1.15 bits per heavy atom. The van der Waals surface area contributed by atoms with E-state index in [4.69, 9.17) is 0 Å². The van der Waals surface area contributed by atoms with E-state index in [-0.39, 0.29) is 5.91 Å². The molecule has 20 heavy (non-hydrogen) atoms. The quantitative estimate of drug-likeness (QED) is 0.907. The number of carbonyl (C=O) groups excluding carboxylic acids is 1. The molecular formula is C16H19N3O. The number of hydrogen-bond acceptors (Lipinski definition) is 3. The van der Waals surface area contributed by atoms with Gasteiger partial charge in [0.25, 0.3) is 0 Å². The van der Waals surface area contributed by atoms with E-state index in [0.29, 0.717) is 0 Å². The highest BCUT2D eigenvalue weighted by atomic mass is 16.1. The minimum atomic E-state index is -0.0470. The lowest BCUT2D eigenvalue weighted by Crippen LogP contribution is -2.19. The highest BCUT2D eigenvalue weighted by molar-refractivity contribution is 5.89. The summed E-state index contributed by atoms with van der Waals surface area (Å²) in [6.45, 7) is 3.15. The molecule has 0 saturated heterocycles. The largest absolute Gasteiger partial charge is 0.326 e. The standard InChI is InChI=1S/C16H19N3O/c1-13(20)18-16-6-4-3-5-15(16)12-19(2)11-14-7-9-17-10-8-14/h3-10H,11-12H2,1-2H3,(H,18,20). The van der Waals surface area contributed by atoms with Crippen molar-refractivity contribution < 1.29 is 4.79 Å². The molecular weight excluding hydrogens is 250 g/mol. The highest BCUT2D eigenvalue weighted by Gasteiger charge is 2.07. The summed E-state index contributed by atoms with van der Waals surface area (Å²) in [4.78, 5) is 17.4. The maximum atomic E-state index is 11.2. The van der Waals surface area contributed by atoms with E-state index in [2.05, 4.69) is 22.2 Å². The molecule has 1 aromatic carbocycles. The van der Waals surface area contributed by atoms with Crippen LogP contribution in [0.1, 0.15) is 18.1 Å². The van der Waals surface area contributed by atoms with Crippen molar-refractivity contribution in [2.45, 2.75) is 20.0 Å². The first-order valence-electron chi connectivity index (χ1n) is 6.58. The van der Waals surface area contributed by atoms with Gasteiger partial charge in [0, 0.05) is 38.1 Å². The van der Waals surface area contributed by atoms with Crippen molar-refractivity contribution in [2.75, 3.05) is 12.4 Å². The molecule has 2 rings (SSSR count). The number of para-hydroxylation sites is 1. The molecule has 2 aromatic rings. The Hall–Kier alpha value is -2.20. The van der Waals surface area contributed by atoms with Crippen molar-refractivity contribution in [2.24, 2.45) is 0 Å². The Morgan fingerprint density at radius 2 is 1.85 bits per heavy atom. The molecule has 0 aliphatic carbocycles. The third-order valence-corrected chi connectivity index (χ3v) is 2.97. The van der Waals surface area contributed by atoms with Crippen molar-refractivity contribution in [3.8, 4) is 0 Å². The molecule has 1 aromatic heterocycles. The van der Waals surface area contributed by atoms with E-state index >= 15 is 0 Å². The van der Waals surface area contributed by atoms with E-state index < -0.39 is 0 Å². The predicted octanol–water partition coefficient (Wildman–Crippen LogP) is 2.67. The third kappa shape index (κ3) is 4.17. The van der Waals surface area contributed by atoms with Gasteiger partial charge in [0.05, 0.1) is 0 Å². The van der Waals surface area contributed by atoms with Crippen LogP contribution < -0.4 is 5.32 Å². The number of nitrogens with one attached hydrogen (secondary N) is 1. The smallest absolute Gasteiger partial charge is 0.221 e. The van der Waals surface area contributed by atoms with Crippen LogP contribution in [0.2, 0.25) is 0 Å². The van der Waals surface area contributed by atoms with Crippen LogP contribution in [-0.2, 0) is 17.9 Å². The van der Waals surface area contributed by atoms with E-state index in [1.807, 2.05) is 36.4 Å². The number of aromatic nitrogens is 1. The normalized spacial score (nSPS) is 10.6. The molecule has 1 heterocycles. The molecule has 104 valence electrons. The minimum absolute atomic E-state index is 0.0470. The minimum Gasteiger partial charge on any atom is -0.326 e. The summed E-state index contributed by atoms with van der Waals surface area (Å²) in [5.74, 6) is -0.0470. The highest BCUT2D eigenvalue weighted by Crippen LogP contribution is 2.17. The first-order valence-corrected chi connectivity index (χ1v) is 6.58. The summed E-state index contributed by atoms with van der Waals surface area (Å²) in [5.41, 5.74) is 3.21. The molecule has 0 saturated carbocycles. The van der Waals surface area contributed by atoms with Gasteiger partial charge in [-0.3, -0.25) is 14.7 Å². The number of benzene rings is 1. The molecule has 4 heteroatoms. The number of nitrogens with zero attached hydrogens (tertiary/aromatic N) is 2. The van der Waals surface area contributed by atoms with Gasteiger partial charge in [0.1, 0.15) is 0 Å². The van der Waals surface area contributed by atoms with Gasteiger partial charge >= 0.3 is 0 Å². The summed E-state index contributed by atoms with van der Waals surface area (Å²) < 4.78 is 0. The lowest BCUT2D eigenvalue weighted by Gasteiger charge is -2.19. The Bertz CT molecular complexity index is 569. The number of rotatable bonds is 5. The van der Waals surface area contributed by atoms with Crippen LogP contribution in [-0.4, -0.2) is 22.8 Å². The topological polar surface area (TPSA) is 45.2 Å². The van der Waals surface area contributed by atoms with Crippen LogP contribution in [0.5, 0.6) is 0 Å². The number of pyridine rings is 1. The Kier molecular flexibility index (Phi) is 4.85. The van der Waals surface area contributed by atoms with Crippen molar-refractivity contribution in [3.63, 3.8) is 0 Å². The molecule has 0 radical (unpaired) electrons. The van der Waals surface area contributed by atoms with Gasteiger partial charge in [-0.25, -0.2) is 0 Å². The summed E-state index contributed by atoms with van der Waals surface area (Å²) in [5, 5.41) is 2.87. The van der Waals surface area contributed by atoms with E-state index in [1.165, 1.54) is 12.5 Å². The van der Waals surface area contributed by atoms with E-state index in [9.17, 15) is 4.79 Å². The molecule has 0 bridgehead atoms. The number of hydrogen-bond donors (Lipinski definition) is 1. The Morgan fingerprint density at radius 3 is 2.55 bits per heavy atom. The first kappa shape index (κ1) is 14.2. The van der Waals surface area contributed by atoms with Crippen LogP contribution >= 0.6 is 0 Å². The molecule has 4 nitrogen and oxygen atoms in total. The second-order valence-corrected chi connectivity index (χ2v) is 4.87. The molecule has 1 amide bonds. The molecule has 0 aliphatic heterocycles. The van der Waals surface area contributed by atoms with Crippen molar-refractivity contribution in [1.29, 1.82) is 0 Å². The van der Waals surface area contributed by atoms with Crippen LogP contribution in [0.3, 0.4) is 0 Å². The van der Waals surface area contributed by atoms with Crippen LogP contribution in [0.4, 0.5) is 5.69 Å². The Labute approximate surface area is 119 Å². The van der Waals surface area contributed by atoms with Crippen molar-refractivity contribution in [1.82, 2.24) is 9.88 Å². The maximum Gasteiger partial charge on any atom is 0.221 e. The molecule has 0 fully saturated rings. The average molecular weight is 269 g/mol. The zero-order valence-electron chi connectivity index (χ0n) is 11.8. The van der Waals surface area contributed by atoms with Gasteiger partial charge in [0.2, 0.25) is 5.91 Å². The Balaban J connectivity index is 2.04. The zero-order valence-corrected chi connectivity index (χ0v) is 11.8. The van der Waals surface area contributed by atoms with Crippen LogP contribution in [0.25, 0.3) is 0 Å². The molecule has 0 aliphatic rings. The lowest BCUT2D eigenvalue weighted by atomic mass is 10.1. The average Bonchev–Trinajstić information content (AvgIpc) is 2.41. The fraction of sp³-hybridized carbons (Fsp3) is 0.250. The monoisotopic (exact) mass is 269 g/mol. The summed E-state index contributed by atoms with van der Waals surface area (Å²) in [6.07, 6.45) is 3.60. The van der Waals surface area contributed by atoms with Crippen molar-refractivity contribution in [3.05, 3.63) is 59.9 Å². The molecule has 1 N–H and O–H groups in total. The fourth-order valence-corrected chi connectivity index (χ4v) is 2.12. The third-order valence-electron chi connectivity index (χ3n) is 2.97. The van der Waals surface area contributed by atoms with Gasteiger partial charge in [-0.05, 0) is 36.4 Å². The predicted molar refractivity (Wildman–Crippen MR) is 80.2 cm³/mol. The SMILES string of the molecule is CC(=O)Nc1ccccc1CN(C)Cc1ccncc1. The van der Waals surface area contributed by atoms with Crippen molar-refractivity contribution >= 4 is 11.6 Å². The second-order valence-electron chi connectivity index (χ2n) is 4.87. The number of anilines is 1. The van der Waals surface area contributed by atoms with Gasteiger partial charge in [-0.15, -0.1) is 0 Å².